The Morgan fingerprint density at radius 1 is 0.812 bits per heavy atom. The van der Waals surface area contributed by atoms with Crippen LogP contribution in [0.4, 0.5) is 11.4 Å². The molecule has 0 fully saturated rings. The first-order valence-electron chi connectivity index (χ1n) is 5.19. The summed E-state index contributed by atoms with van der Waals surface area (Å²) in [7, 11) is 0. The lowest BCUT2D eigenvalue weighted by atomic mass is 10.2. The minimum absolute atomic E-state index is 1.08. The van der Waals surface area contributed by atoms with E-state index in [0.29, 0.717) is 0 Å². The number of hydrogen-bond acceptors (Lipinski definition) is 2. The molecule has 2 aromatic carbocycles. The summed E-state index contributed by atoms with van der Waals surface area (Å²) in [4.78, 5) is 0. The first kappa shape index (κ1) is 10.3. The fourth-order valence-electron chi connectivity index (χ4n) is 1.54. The number of rotatable bonds is 4. The van der Waals surface area contributed by atoms with Crippen molar-refractivity contribution in [1.29, 1.82) is 0 Å². The molecule has 2 aromatic rings. The topological polar surface area (TPSA) is 15.3 Å². The van der Waals surface area contributed by atoms with E-state index in [1.165, 1.54) is 0 Å². The molecule has 0 atom stereocenters. The number of benzene rings is 2. The van der Waals surface area contributed by atoms with Gasteiger partial charge in [-0.05, 0) is 24.3 Å². The fraction of sp³-hybridized carbons (Fsp3) is 0. The van der Waals surface area contributed by atoms with Gasteiger partial charge in [-0.15, -0.1) is 0 Å². The average Bonchev–Trinajstić information content (AvgIpc) is 2.38. The van der Waals surface area contributed by atoms with Gasteiger partial charge in [-0.2, -0.15) is 0 Å². The molecule has 0 unspecified atom stereocenters. The van der Waals surface area contributed by atoms with Crippen LogP contribution in [0.2, 0.25) is 0 Å². The summed E-state index contributed by atoms with van der Waals surface area (Å²) in [5, 5.41) is 1.98. The minimum atomic E-state index is 1.08. The molecule has 2 heteroatoms. The molecule has 0 radical (unpaired) electrons. The van der Waals surface area contributed by atoms with Crippen LogP contribution in [0.1, 0.15) is 0 Å². The molecular weight excluding hydrogens is 196 g/mol. The molecule has 0 heterocycles. The highest BCUT2D eigenvalue weighted by molar-refractivity contribution is 5.61. The van der Waals surface area contributed by atoms with E-state index >= 15 is 0 Å². The van der Waals surface area contributed by atoms with Crippen molar-refractivity contribution in [2.24, 2.45) is 0 Å². The van der Waals surface area contributed by atoms with Crippen molar-refractivity contribution in [2.75, 3.05) is 5.01 Å². The summed E-state index contributed by atoms with van der Waals surface area (Å²) >= 11 is 0. The van der Waals surface area contributed by atoms with Crippen LogP contribution in [0, 0.1) is 0 Å². The molecule has 16 heavy (non-hydrogen) atoms. The Balaban J connectivity index is 2.35. The van der Waals surface area contributed by atoms with Gasteiger partial charge in [0.1, 0.15) is 0 Å². The number of anilines is 2. The number of nitrogens with one attached hydrogen (secondary N) is 1. The number of nitrogens with zero attached hydrogens (tertiary/aromatic N) is 1. The highest BCUT2D eigenvalue weighted by atomic mass is 15.5. The maximum atomic E-state index is 3.70. The molecular formula is C14H14N2. The number of hydrogen-bond donors (Lipinski definition) is 1. The highest BCUT2D eigenvalue weighted by Crippen LogP contribution is 2.22. The Bertz CT molecular complexity index is 397. The van der Waals surface area contributed by atoms with Crippen LogP contribution in [-0.2, 0) is 0 Å². The highest BCUT2D eigenvalue weighted by Gasteiger charge is 2.05. The predicted octanol–water partition coefficient (Wildman–Crippen LogP) is 3.47. The molecule has 2 rings (SSSR count). The van der Waals surface area contributed by atoms with Crippen molar-refractivity contribution in [2.45, 2.75) is 0 Å². The Labute approximate surface area is 95.8 Å². The molecule has 1 N–H and O–H groups in total. The third-order valence-electron chi connectivity index (χ3n) is 2.25. The molecule has 2 nitrogen and oxygen atoms in total. The molecule has 0 aliphatic heterocycles. The van der Waals surface area contributed by atoms with Crippen molar-refractivity contribution in [3.05, 3.63) is 73.4 Å². The molecule has 0 bridgehead atoms. The van der Waals surface area contributed by atoms with E-state index in [1.54, 1.807) is 6.20 Å². The summed E-state index contributed by atoms with van der Waals surface area (Å²) in [6.45, 7) is 3.70. The lowest BCUT2D eigenvalue weighted by molar-refractivity contribution is 0.890. The van der Waals surface area contributed by atoms with Crippen LogP contribution in [0.25, 0.3) is 0 Å². The van der Waals surface area contributed by atoms with Gasteiger partial charge >= 0.3 is 0 Å². The van der Waals surface area contributed by atoms with Gasteiger partial charge in [-0.3, -0.25) is 5.01 Å². The van der Waals surface area contributed by atoms with E-state index < -0.39 is 0 Å². The normalized spacial score (nSPS) is 9.50. The fourth-order valence-corrected chi connectivity index (χ4v) is 1.54. The Hall–Kier alpha value is -2.22. The zero-order valence-electron chi connectivity index (χ0n) is 9.01. The van der Waals surface area contributed by atoms with Gasteiger partial charge in [0.05, 0.1) is 11.4 Å². The first-order chi connectivity index (χ1) is 7.92. The SMILES string of the molecule is C=CNN(c1ccccc1)c1ccccc1. The molecule has 0 aliphatic rings. The zero-order valence-corrected chi connectivity index (χ0v) is 9.01. The lowest BCUT2D eigenvalue weighted by Crippen LogP contribution is -2.28. The van der Waals surface area contributed by atoms with Crippen LogP contribution < -0.4 is 10.4 Å². The van der Waals surface area contributed by atoms with E-state index in [9.17, 15) is 0 Å². The van der Waals surface area contributed by atoms with Gasteiger partial charge in [-0.25, -0.2) is 0 Å². The summed E-state index contributed by atoms with van der Waals surface area (Å²) in [6, 6.07) is 20.2. The van der Waals surface area contributed by atoms with E-state index in [1.807, 2.05) is 65.7 Å². The van der Waals surface area contributed by atoms with Crippen LogP contribution >= 0.6 is 0 Å². The van der Waals surface area contributed by atoms with E-state index in [-0.39, 0.29) is 0 Å². The minimum Gasteiger partial charge on any atom is -0.302 e. The molecule has 0 aromatic heterocycles. The third kappa shape index (κ3) is 2.23. The second-order valence-corrected chi connectivity index (χ2v) is 3.34. The zero-order chi connectivity index (χ0) is 11.2. The summed E-state index contributed by atoms with van der Waals surface area (Å²) in [6.07, 6.45) is 1.67. The van der Waals surface area contributed by atoms with Crippen molar-refractivity contribution in [3.63, 3.8) is 0 Å². The third-order valence-corrected chi connectivity index (χ3v) is 2.25. The molecule has 0 saturated carbocycles. The molecule has 80 valence electrons. The second kappa shape index (κ2) is 5.03. The van der Waals surface area contributed by atoms with Crippen LogP contribution in [-0.4, -0.2) is 0 Å². The van der Waals surface area contributed by atoms with Crippen LogP contribution in [0.15, 0.2) is 73.4 Å². The van der Waals surface area contributed by atoms with Gasteiger partial charge in [0, 0.05) is 6.20 Å². The van der Waals surface area contributed by atoms with Gasteiger partial charge in [0.15, 0.2) is 0 Å². The van der Waals surface area contributed by atoms with Gasteiger partial charge in [0.2, 0.25) is 0 Å². The summed E-state index contributed by atoms with van der Waals surface area (Å²) in [5.74, 6) is 0. The van der Waals surface area contributed by atoms with Crippen molar-refractivity contribution < 1.29 is 0 Å². The Morgan fingerprint density at radius 2 is 1.25 bits per heavy atom. The quantitative estimate of drug-likeness (QED) is 0.777. The van der Waals surface area contributed by atoms with E-state index in [2.05, 4.69) is 12.0 Å². The standard InChI is InChI=1S/C14H14N2/c1-2-15-16(13-9-5-3-6-10-13)14-11-7-4-8-12-14/h2-12,15H,1H2. The average molecular weight is 210 g/mol. The van der Waals surface area contributed by atoms with Crippen molar-refractivity contribution in [3.8, 4) is 0 Å². The van der Waals surface area contributed by atoms with Gasteiger partial charge in [0.25, 0.3) is 0 Å². The maximum Gasteiger partial charge on any atom is 0.0630 e. The lowest BCUT2D eigenvalue weighted by Gasteiger charge is -2.24. The summed E-state index contributed by atoms with van der Waals surface area (Å²) < 4.78 is 0. The second-order valence-electron chi connectivity index (χ2n) is 3.34. The number of para-hydroxylation sites is 2. The van der Waals surface area contributed by atoms with Gasteiger partial charge < -0.3 is 5.43 Å². The Morgan fingerprint density at radius 3 is 1.62 bits per heavy atom. The molecule has 0 amide bonds. The Kier molecular flexibility index (Phi) is 3.24. The molecule has 0 saturated heterocycles. The van der Waals surface area contributed by atoms with Gasteiger partial charge in [-0.1, -0.05) is 43.0 Å². The van der Waals surface area contributed by atoms with E-state index in [0.717, 1.165) is 11.4 Å². The smallest absolute Gasteiger partial charge is 0.0630 e. The molecule has 0 aliphatic carbocycles. The number of hydrazine groups is 1. The van der Waals surface area contributed by atoms with Crippen LogP contribution in [0.3, 0.4) is 0 Å². The van der Waals surface area contributed by atoms with Crippen LogP contribution in [0.5, 0.6) is 0 Å². The van der Waals surface area contributed by atoms with Crippen molar-refractivity contribution >= 4 is 11.4 Å². The predicted molar refractivity (Wildman–Crippen MR) is 68.4 cm³/mol. The largest absolute Gasteiger partial charge is 0.302 e. The maximum absolute atomic E-state index is 3.70. The van der Waals surface area contributed by atoms with Crippen molar-refractivity contribution in [1.82, 2.24) is 5.43 Å². The first-order valence-corrected chi connectivity index (χ1v) is 5.19. The monoisotopic (exact) mass is 210 g/mol. The summed E-state index contributed by atoms with van der Waals surface area (Å²) in [5.41, 5.74) is 5.27. The van der Waals surface area contributed by atoms with E-state index in [4.69, 9.17) is 0 Å². The molecule has 0 spiro atoms.